The topological polar surface area (TPSA) is 12.9 Å². The van der Waals surface area contributed by atoms with Crippen LogP contribution >= 0.6 is 34.2 Å². The van der Waals surface area contributed by atoms with Gasteiger partial charge in [-0.3, -0.25) is 4.98 Å². The number of pyridine rings is 1. The SMILES string of the molecule is CCc1cc(Cl)c2ccc(I)c(C)c2n1. The molecule has 0 atom stereocenters. The van der Waals surface area contributed by atoms with Crippen LogP contribution in [0, 0.1) is 10.5 Å². The molecule has 2 aromatic rings. The smallest absolute Gasteiger partial charge is 0.0759 e. The highest BCUT2D eigenvalue weighted by Gasteiger charge is 2.07. The molecule has 1 aromatic carbocycles. The number of aromatic nitrogens is 1. The summed E-state index contributed by atoms with van der Waals surface area (Å²) in [6, 6.07) is 6.08. The lowest BCUT2D eigenvalue weighted by molar-refractivity contribution is 1.05. The van der Waals surface area contributed by atoms with E-state index in [9.17, 15) is 0 Å². The van der Waals surface area contributed by atoms with Gasteiger partial charge in [0.2, 0.25) is 0 Å². The molecule has 2 rings (SSSR count). The molecule has 3 heteroatoms. The Hall–Kier alpha value is -0.350. The van der Waals surface area contributed by atoms with Gasteiger partial charge in [-0.15, -0.1) is 0 Å². The molecule has 0 unspecified atom stereocenters. The normalized spacial score (nSPS) is 10.9. The van der Waals surface area contributed by atoms with Crippen LogP contribution in [0.2, 0.25) is 5.02 Å². The summed E-state index contributed by atoms with van der Waals surface area (Å²) < 4.78 is 1.23. The molecule has 0 saturated heterocycles. The van der Waals surface area contributed by atoms with Crippen LogP contribution in [0.25, 0.3) is 10.9 Å². The monoisotopic (exact) mass is 331 g/mol. The van der Waals surface area contributed by atoms with Crippen molar-refractivity contribution in [2.75, 3.05) is 0 Å². The van der Waals surface area contributed by atoms with E-state index >= 15 is 0 Å². The largest absolute Gasteiger partial charge is 0.252 e. The van der Waals surface area contributed by atoms with Crippen molar-refractivity contribution < 1.29 is 0 Å². The van der Waals surface area contributed by atoms with Gasteiger partial charge < -0.3 is 0 Å². The maximum absolute atomic E-state index is 6.22. The molecule has 0 N–H and O–H groups in total. The Morgan fingerprint density at radius 3 is 2.80 bits per heavy atom. The van der Waals surface area contributed by atoms with Crippen LogP contribution in [0.1, 0.15) is 18.2 Å². The quantitative estimate of drug-likeness (QED) is 0.707. The molecule has 0 bridgehead atoms. The zero-order valence-corrected chi connectivity index (χ0v) is 11.6. The van der Waals surface area contributed by atoms with Gasteiger partial charge in [-0.2, -0.15) is 0 Å². The molecule has 78 valence electrons. The van der Waals surface area contributed by atoms with Crippen LogP contribution < -0.4 is 0 Å². The van der Waals surface area contributed by atoms with E-state index in [-0.39, 0.29) is 0 Å². The van der Waals surface area contributed by atoms with E-state index in [1.807, 2.05) is 12.1 Å². The van der Waals surface area contributed by atoms with Crippen LogP contribution in [-0.2, 0) is 6.42 Å². The number of hydrogen-bond acceptors (Lipinski definition) is 1. The van der Waals surface area contributed by atoms with Crippen molar-refractivity contribution in [3.8, 4) is 0 Å². The van der Waals surface area contributed by atoms with Gasteiger partial charge in [0.25, 0.3) is 0 Å². The lowest BCUT2D eigenvalue weighted by atomic mass is 10.1. The van der Waals surface area contributed by atoms with Crippen molar-refractivity contribution in [2.24, 2.45) is 0 Å². The van der Waals surface area contributed by atoms with Crippen LogP contribution in [-0.4, -0.2) is 4.98 Å². The lowest BCUT2D eigenvalue weighted by Crippen LogP contribution is -1.93. The van der Waals surface area contributed by atoms with Crippen molar-refractivity contribution in [1.82, 2.24) is 4.98 Å². The van der Waals surface area contributed by atoms with E-state index in [0.717, 1.165) is 28.0 Å². The molecule has 1 heterocycles. The number of nitrogens with zero attached hydrogens (tertiary/aromatic N) is 1. The van der Waals surface area contributed by atoms with Crippen molar-refractivity contribution in [1.29, 1.82) is 0 Å². The van der Waals surface area contributed by atoms with Gasteiger partial charge in [-0.25, -0.2) is 0 Å². The number of fused-ring (bicyclic) bond motifs is 1. The summed E-state index contributed by atoms with van der Waals surface area (Å²) >= 11 is 8.55. The molecule has 0 amide bonds. The summed E-state index contributed by atoms with van der Waals surface area (Å²) in [7, 11) is 0. The fourth-order valence-corrected chi connectivity index (χ4v) is 2.31. The predicted octanol–water partition coefficient (Wildman–Crippen LogP) is 4.36. The Balaban J connectivity index is 2.86. The Kier molecular flexibility index (Phi) is 3.16. The van der Waals surface area contributed by atoms with Crippen LogP contribution in [0.5, 0.6) is 0 Å². The summed E-state index contributed by atoms with van der Waals surface area (Å²) in [4.78, 5) is 4.63. The first-order valence-electron chi connectivity index (χ1n) is 4.87. The number of rotatable bonds is 1. The molecule has 0 aliphatic carbocycles. The van der Waals surface area contributed by atoms with Gasteiger partial charge in [0.15, 0.2) is 0 Å². The molecule has 0 spiro atoms. The second kappa shape index (κ2) is 4.26. The highest BCUT2D eigenvalue weighted by Crippen LogP contribution is 2.28. The highest BCUT2D eigenvalue weighted by atomic mass is 127. The van der Waals surface area contributed by atoms with E-state index in [1.54, 1.807) is 0 Å². The fraction of sp³-hybridized carbons (Fsp3) is 0.250. The molecule has 0 radical (unpaired) electrons. The second-order valence-corrected chi connectivity index (χ2v) is 5.09. The maximum Gasteiger partial charge on any atom is 0.0759 e. The van der Waals surface area contributed by atoms with E-state index in [2.05, 4.69) is 47.5 Å². The van der Waals surface area contributed by atoms with Gasteiger partial charge in [0.05, 0.1) is 10.5 Å². The molecule has 15 heavy (non-hydrogen) atoms. The molecule has 1 nitrogen and oxygen atoms in total. The molecule has 1 aromatic heterocycles. The highest BCUT2D eigenvalue weighted by molar-refractivity contribution is 14.1. The predicted molar refractivity (Wildman–Crippen MR) is 73.6 cm³/mol. The molecule has 0 aliphatic heterocycles. The van der Waals surface area contributed by atoms with Gasteiger partial charge in [0, 0.05) is 14.7 Å². The zero-order chi connectivity index (χ0) is 11.0. The number of aryl methyl sites for hydroxylation is 2. The average molecular weight is 332 g/mol. The van der Waals surface area contributed by atoms with E-state index < -0.39 is 0 Å². The van der Waals surface area contributed by atoms with E-state index in [1.165, 1.54) is 9.13 Å². The van der Waals surface area contributed by atoms with Crippen LogP contribution in [0.15, 0.2) is 18.2 Å². The summed E-state index contributed by atoms with van der Waals surface area (Å²) in [5.41, 5.74) is 3.30. The standard InChI is InChI=1S/C12H11ClIN/c1-3-8-6-10(13)9-4-5-11(14)7(2)12(9)15-8/h4-6H,3H2,1-2H3. The lowest BCUT2D eigenvalue weighted by Gasteiger charge is -2.07. The Morgan fingerprint density at radius 2 is 2.13 bits per heavy atom. The summed E-state index contributed by atoms with van der Waals surface area (Å²) in [5.74, 6) is 0. The van der Waals surface area contributed by atoms with Gasteiger partial charge in [-0.05, 0) is 53.6 Å². The first-order valence-corrected chi connectivity index (χ1v) is 6.33. The summed E-state index contributed by atoms with van der Waals surface area (Å²) in [6.45, 7) is 4.18. The Labute approximate surface area is 108 Å². The fourth-order valence-electron chi connectivity index (χ4n) is 1.59. The third kappa shape index (κ3) is 1.97. The van der Waals surface area contributed by atoms with Gasteiger partial charge >= 0.3 is 0 Å². The molecular formula is C12H11ClIN. The maximum atomic E-state index is 6.22. The van der Waals surface area contributed by atoms with Crippen molar-refractivity contribution in [2.45, 2.75) is 20.3 Å². The van der Waals surface area contributed by atoms with E-state index in [4.69, 9.17) is 11.6 Å². The number of hydrogen-bond donors (Lipinski definition) is 0. The molecule has 0 fully saturated rings. The summed E-state index contributed by atoms with van der Waals surface area (Å²) in [5, 5.41) is 1.85. The van der Waals surface area contributed by atoms with Crippen molar-refractivity contribution in [3.05, 3.63) is 38.0 Å². The molecule has 0 saturated carbocycles. The van der Waals surface area contributed by atoms with Gasteiger partial charge in [0.1, 0.15) is 0 Å². The zero-order valence-electron chi connectivity index (χ0n) is 8.64. The minimum Gasteiger partial charge on any atom is -0.252 e. The summed E-state index contributed by atoms with van der Waals surface area (Å²) in [6.07, 6.45) is 0.917. The third-order valence-corrected chi connectivity index (χ3v) is 4.01. The Bertz CT molecular complexity index is 523. The van der Waals surface area contributed by atoms with E-state index in [0.29, 0.717) is 0 Å². The minimum atomic E-state index is 0.802. The first-order chi connectivity index (χ1) is 7.13. The molecule has 0 aliphatic rings. The first kappa shape index (κ1) is 11.1. The van der Waals surface area contributed by atoms with Crippen LogP contribution in [0.4, 0.5) is 0 Å². The average Bonchev–Trinajstić information content (AvgIpc) is 2.23. The molecular weight excluding hydrogens is 320 g/mol. The Morgan fingerprint density at radius 1 is 1.40 bits per heavy atom. The third-order valence-electron chi connectivity index (χ3n) is 2.53. The minimum absolute atomic E-state index is 0.802. The van der Waals surface area contributed by atoms with Crippen molar-refractivity contribution in [3.63, 3.8) is 0 Å². The number of benzene rings is 1. The van der Waals surface area contributed by atoms with Crippen LogP contribution in [0.3, 0.4) is 0 Å². The number of halogens is 2. The second-order valence-electron chi connectivity index (χ2n) is 3.52. The van der Waals surface area contributed by atoms with Gasteiger partial charge in [-0.1, -0.05) is 24.6 Å². The van der Waals surface area contributed by atoms with Crippen molar-refractivity contribution >= 4 is 45.1 Å².